The molecule has 48 valence electrons. The number of aromatic hydroxyl groups is 1. The molecule has 9 heavy (non-hydrogen) atoms. The molecular weight excluding hydrogens is 112 g/mol. The van der Waals surface area contributed by atoms with Gasteiger partial charge in [-0.25, -0.2) is 0 Å². The van der Waals surface area contributed by atoms with Gasteiger partial charge in [0.25, 0.3) is 0 Å². The number of benzene rings is 1. The first kappa shape index (κ1) is 1.36. The molecule has 1 heteroatoms. The molecule has 1 nitrogen and oxygen atoms in total. The number of phenolic OH excluding ortho intramolecular Hbond substituents is 1. The van der Waals surface area contributed by atoms with Crippen LogP contribution in [0.4, 0.5) is 0 Å². The molecule has 1 aromatic rings. The fourth-order valence-corrected chi connectivity index (χ4v) is 0.400. The molecular formula is C8H10O. The van der Waals surface area contributed by atoms with Crippen molar-refractivity contribution in [3.63, 3.8) is 0 Å². The van der Waals surface area contributed by atoms with Gasteiger partial charge in [-0.2, -0.15) is 0 Å². The van der Waals surface area contributed by atoms with E-state index in [4.69, 9.17) is 12.3 Å². The molecule has 0 aliphatic heterocycles. The van der Waals surface area contributed by atoms with Crippen LogP contribution in [-0.2, 0) is 0 Å². The van der Waals surface area contributed by atoms with E-state index in [9.17, 15) is 5.11 Å². The SMILES string of the molecule is [2H]c1c([2H])c(C([2H])([2H])[2H])c([2H])c(C([2H])([2H])[2H])c1O. The van der Waals surface area contributed by atoms with Gasteiger partial charge < -0.3 is 5.11 Å². The molecule has 1 N–H and O–H groups in total. The second kappa shape index (κ2) is 2.09. The first-order valence-corrected chi connectivity index (χ1v) is 2.22. The van der Waals surface area contributed by atoms with E-state index in [1.165, 1.54) is 0 Å². The molecule has 0 heterocycles. The lowest BCUT2D eigenvalue weighted by atomic mass is 10.1. The quantitative estimate of drug-likeness (QED) is 0.571. The zero-order valence-corrected chi connectivity index (χ0v) is 4.45. The van der Waals surface area contributed by atoms with Crippen LogP contribution in [0.15, 0.2) is 18.1 Å². The molecule has 0 bridgehead atoms. The molecule has 0 unspecified atom stereocenters. The summed E-state index contributed by atoms with van der Waals surface area (Å²) in [6.07, 6.45) is 0. The Balaban J connectivity index is 3.83. The van der Waals surface area contributed by atoms with Crippen molar-refractivity contribution in [2.24, 2.45) is 0 Å². The highest BCUT2D eigenvalue weighted by Gasteiger charge is 1.91. The first-order chi connectivity index (χ1) is 7.89. The largest absolute Gasteiger partial charge is 0.508 e. The normalized spacial score (nSPS) is 26.9. The molecule has 0 aromatic heterocycles. The van der Waals surface area contributed by atoms with Crippen LogP contribution in [0, 0.1) is 13.7 Å². The van der Waals surface area contributed by atoms with Crippen molar-refractivity contribution in [2.45, 2.75) is 13.7 Å². The monoisotopic (exact) mass is 131 g/mol. The molecule has 0 saturated heterocycles. The van der Waals surface area contributed by atoms with Gasteiger partial charge in [0.15, 0.2) is 0 Å². The van der Waals surface area contributed by atoms with Crippen LogP contribution in [-0.4, -0.2) is 5.11 Å². The van der Waals surface area contributed by atoms with Crippen LogP contribution >= 0.6 is 0 Å². The third-order valence-corrected chi connectivity index (χ3v) is 0.793. The highest BCUT2D eigenvalue weighted by Crippen LogP contribution is 2.15. The van der Waals surface area contributed by atoms with Crippen LogP contribution in [0.3, 0.4) is 0 Å². The highest BCUT2D eigenvalue weighted by molar-refractivity contribution is 5.34. The van der Waals surface area contributed by atoms with Gasteiger partial charge in [-0.15, -0.1) is 0 Å². The maximum atomic E-state index is 9.51. The first-order valence-electron chi connectivity index (χ1n) is 6.72. The Morgan fingerprint density at radius 3 is 3.11 bits per heavy atom. The van der Waals surface area contributed by atoms with Gasteiger partial charge in [0.2, 0.25) is 0 Å². The van der Waals surface area contributed by atoms with Gasteiger partial charge in [0.1, 0.15) is 5.75 Å². The van der Waals surface area contributed by atoms with Crippen molar-refractivity contribution in [1.29, 1.82) is 0 Å². The smallest absolute Gasteiger partial charge is 0.118 e. The molecule has 1 aromatic carbocycles. The van der Waals surface area contributed by atoms with Crippen LogP contribution in [0.5, 0.6) is 5.75 Å². The van der Waals surface area contributed by atoms with E-state index >= 15 is 0 Å². The summed E-state index contributed by atoms with van der Waals surface area (Å²) in [7, 11) is 0. The third-order valence-electron chi connectivity index (χ3n) is 0.793. The van der Waals surface area contributed by atoms with Crippen LogP contribution < -0.4 is 0 Å². The Labute approximate surface area is 67.6 Å². The van der Waals surface area contributed by atoms with Crippen LogP contribution in [0.25, 0.3) is 0 Å². The maximum absolute atomic E-state index is 9.51. The zero-order chi connectivity index (χ0) is 14.5. The molecule has 0 atom stereocenters. The van der Waals surface area contributed by atoms with Crippen molar-refractivity contribution in [2.75, 3.05) is 0 Å². The van der Waals surface area contributed by atoms with Crippen molar-refractivity contribution in [1.82, 2.24) is 0 Å². The lowest BCUT2D eigenvalue weighted by molar-refractivity contribution is 0.471. The third kappa shape index (κ3) is 1.22. The van der Waals surface area contributed by atoms with E-state index in [0.29, 0.717) is 0 Å². The predicted molar refractivity (Wildman–Crippen MR) is 37.6 cm³/mol. The summed E-state index contributed by atoms with van der Waals surface area (Å²) in [6.45, 7) is -5.82. The lowest BCUT2D eigenvalue weighted by Crippen LogP contribution is -1.75. The second-order valence-corrected chi connectivity index (χ2v) is 1.47. The minimum Gasteiger partial charge on any atom is -0.508 e. The topological polar surface area (TPSA) is 20.2 Å². The van der Waals surface area contributed by atoms with Gasteiger partial charge in [-0.1, -0.05) is 17.6 Å². The summed E-state index contributed by atoms with van der Waals surface area (Å²) >= 11 is 0. The molecule has 0 fully saturated rings. The summed E-state index contributed by atoms with van der Waals surface area (Å²) in [5, 5.41) is 9.51. The second-order valence-electron chi connectivity index (χ2n) is 1.47. The Bertz CT molecular complexity index is 444. The molecule has 0 saturated carbocycles. The van der Waals surface area contributed by atoms with Gasteiger partial charge in [-0.05, 0) is 25.3 Å². The standard InChI is InChI=1S/C8H10O/c1-6-3-4-8(9)7(2)5-6/h3-5,9H,1-2H3/i1D3,2D3,3D,4D,5D. The Kier molecular flexibility index (Phi) is 0.318. The fourth-order valence-electron chi connectivity index (χ4n) is 0.400. The van der Waals surface area contributed by atoms with Crippen LogP contribution in [0.1, 0.15) is 23.5 Å². The lowest BCUT2D eigenvalue weighted by Gasteiger charge is -1.97. The van der Waals surface area contributed by atoms with E-state index in [2.05, 4.69) is 0 Å². The van der Waals surface area contributed by atoms with Gasteiger partial charge >= 0.3 is 0 Å². The van der Waals surface area contributed by atoms with Gasteiger partial charge in [-0.3, -0.25) is 0 Å². The molecule has 0 spiro atoms. The molecule has 0 aliphatic rings. The van der Waals surface area contributed by atoms with Crippen LogP contribution in [0.2, 0.25) is 0 Å². The maximum Gasteiger partial charge on any atom is 0.118 e. The van der Waals surface area contributed by atoms with Crippen molar-refractivity contribution < 1.29 is 17.4 Å². The average molecular weight is 131 g/mol. The van der Waals surface area contributed by atoms with Crippen molar-refractivity contribution in [3.05, 3.63) is 29.3 Å². The molecule has 0 aliphatic carbocycles. The van der Waals surface area contributed by atoms with Gasteiger partial charge in [0, 0.05) is 8.22 Å². The predicted octanol–water partition coefficient (Wildman–Crippen LogP) is 2.01. The van der Waals surface area contributed by atoms with Crippen molar-refractivity contribution >= 4 is 0 Å². The Morgan fingerprint density at radius 1 is 1.56 bits per heavy atom. The molecule has 1 rings (SSSR count). The summed E-state index contributed by atoms with van der Waals surface area (Å²) in [5.41, 5.74) is -1.74. The minimum atomic E-state index is -2.93. The minimum absolute atomic E-state index is 0.837. The summed E-state index contributed by atoms with van der Waals surface area (Å²) in [4.78, 5) is 0. The number of hydrogen-bond acceptors (Lipinski definition) is 1. The highest BCUT2D eigenvalue weighted by atomic mass is 16.3. The number of hydrogen-bond donors (Lipinski definition) is 1. The van der Waals surface area contributed by atoms with E-state index in [1.54, 1.807) is 0 Å². The summed E-state index contributed by atoms with van der Waals surface area (Å²) < 4.78 is 65.3. The van der Waals surface area contributed by atoms with E-state index < -0.39 is 48.7 Å². The van der Waals surface area contributed by atoms with Crippen molar-refractivity contribution in [3.8, 4) is 5.75 Å². The van der Waals surface area contributed by atoms with Gasteiger partial charge in [0.05, 0.1) is 4.11 Å². The fraction of sp³-hybridized carbons (Fsp3) is 0.250. The summed E-state index contributed by atoms with van der Waals surface area (Å²) in [6, 6.07) is -2.69. The Morgan fingerprint density at radius 2 is 2.44 bits per heavy atom. The Hall–Kier alpha value is -0.980. The summed E-state index contributed by atoms with van der Waals surface area (Å²) in [5.74, 6) is -1.04. The molecule has 0 amide bonds. The zero-order valence-electron chi connectivity index (χ0n) is 13.4. The number of rotatable bonds is 0. The molecule has 0 radical (unpaired) electrons. The van der Waals surface area contributed by atoms with E-state index in [0.717, 1.165) is 0 Å². The van der Waals surface area contributed by atoms with E-state index in [1.807, 2.05) is 0 Å². The number of phenols is 1. The average Bonchev–Trinajstić information content (AvgIpc) is 2.09. The van der Waals surface area contributed by atoms with E-state index in [-0.39, 0.29) is 0 Å².